The van der Waals surface area contributed by atoms with E-state index < -0.39 is 15.9 Å². The van der Waals surface area contributed by atoms with Gasteiger partial charge in [0.15, 0.2) is 5.76 Å². The highest BCUT2D eigenvalue weighted by atomic mass is 32.2. The Balaban J connectivity index is 1.76. The van der Waals surface area contributed by atoms with Gasteiger partial charge < -0.3 is 14.5 Å². The summed E-state index contributed by atoms with van der Waals surface area (Å²) >= 11 is 0. The zero-order valence-corrected chi connectivity index (χ0v) is 12.8. The number of sulfonamides is 1. The molecule has 1 aliphatic rings. The smallest absolute Gasteiger partial charge is 0.291 e. The molecule has 0 saturated carbocycles. The van der Waals surface area contributed by atoms with Crippen LogP contribution < -0.4 is 5.32 Å². The van der Waals surface area contributed by atoms with E-state index in [0.29, 0.717) is 18.9 Å². The molecule has 0 aliphatic carbocycles. The molecular weight excluding hydrogens is 324 g/mol. The Hall–Kier alpha value is -2.30. The molecule has 0 radical (unpaired) electrons. The van der Waals surface area contributed by atoms with Crippen molar-refractivity contribution in [3.63, 3.8) is 0 Å². The number of carbonyl (C=O) groups is 1. The van der Waals surface area contributed by atoms with Crippen LogP contribution in [0.4, 0.5) is 5.69 Å². The Kier molecular flexibility index (Phi) is 4.37. The summed E-state index contributed by atoms with van der Waals surface area (Å²) in [6, 6.07) is 2.58. The van der Waals surface area contributed by atoms with Gasteiger partial charge in [0.1, 0.15) is 6.33 Å². The predicted molar refractivity (Wildman–Crippen MR) is 78.3 cm³/mol. The number of hydrogen-bond donors (Lipinski definition) is 1. The fraction of sp³-hybridized carbons (Fsp3) is 0.308. The number of nitrogens with one attached hydrogen (secondary N) is 1. The summed E-state index contributed by atoms with van der Waals surface area (Å²) in [5, 5.41) is 2.25. The van der Waals surface area contributed by atoms with E-state index in [9.17, 15) is 13.2 Å². The zero-order chi connectivity index (χ0) is 16.3. The fourth-order valence-electron chi connectivity index (χ4n) is 2.05. The van der Waals surface area contributed by atoms with E-state index in [1.807, 2.05) is 0 Å². The van der Waals surface area contributed by atoms with Gasteiger partial charge >= 0.3 is 0 Å². The third-order valence-electron chi connectivity index (χ3n) is 3.19. The van der Waals surface area contributed by atoms with Crippen molar-refractivity contribution in [2.45, 2.75) is 5.09 Å². The number of ether oxygens (including phenoxy) is 1. The third kappa shape index (κ3) is 3.38. The number of anilines is 1. The first-order valence-electron chi connectivity index (χ1n) is 6.81. The van der Waals surface area contributed by atoms with Gasteiger partial charge in [-0.2, -0.15) is 4.31 Å². The van der Waals surface area contributed by atoms with Gasteiger partial charge in [0.05, 0.1) is 31.3 Å². The topological polar surface area (TPSA) is 115 Å². The second-order valence-electron chi connectivity index (χ2n) is 4.72. The van der Waals surface area contributed by atoms with Gasteiger partial charge in [-0.15, -0.1) is 0 Å². The molecule has 10 heteroatoms. The second-order valence-corrected chi connectivity index (χ2v) is 6.59. The third-order valence-corrected chi connectivity index (χ3v) is 4.96. The molecule has 1 fully saturated rings. The number of carbonyl (C=O) groups excluding carboxylic acids is 1. The monoisotopic (exact) mass is 338 g/mol. The zero-order valence-electron chi connectivity index (χ0n) is 12.0. The number of aromatic nitrogens is 2. The highest BCUT2D eigenvalue weighted by molar-refractivity contribution is 7.89. The normalized spacial score (nSPS) is 16.2. The summed E-state index contributed by atoms with van der Waals surface area (Å²) in [5.41, 5.74) is 0.381. The average molecular weight is 338 g/mol. The number of hydrogen-bond acceptors (Lipinski definition) is 7. The van der Waals surface area contributed by atoms with Crippen molar-refractivity contribution in [1.82, 2.24) is 14.3 Å². The molecule has 0 unspecified atom stereocenters. The minimum Gasteiger partial charge on any atom is -0.438 e. The number of nitrogens with zero attached hydrogens (tertiary/aromatic N) is 3. The minimum atomic E-state index is -3.77. The van der Waals surface area contributed by atoms with Crippen LogP contribution in [0, 0.1) is 0 Å². The van der Waals surface area contributed by atoms with Crippen LogP contribution in [0.3, 0.4) is 0 Å². The van der Waals surface area contributed by atoms with Crippen molar-refractivity contribution in [2.24, 2.45) is 0 Å². The van der Waals surface area contributed by atoms with Crippen molar-refractivity contribution < 1.29 is 22.4 Å². The fourth-order valence-corrected chi connectivity index (χ4v) is 3.37. The van der Waals surface area contributed by atoms with Crippen LogP contribution in [0.2, 0.25) is 0 Å². The van der Waals surface area contributed by atoms with Gasteiger partial charge in [-0.1, -0.05) is 0 Å². The van der Waals surface area contributed by atoms with Crippen molar-refractivity contribution in [2.75, 3.05) is 31.6 Å². The first-order chi connectivity index (χ1) is 11.1. The number of furan rings is 1. The van der Waals surface area contributed by atoms with Crippen LogP contribution in [0.25, 0.3) is 0 Å². The molecule has 2 aromatic rings. The first-order valence-corrected chi connectivity index (χ1v) is 8.25. The summed E-state index contributed by atoms with van der Waals surface area (Å²) in [5.74, 6) is -0.691. The van der Waals surface area contributed by atoms with Crippen LogP contribution in [-0.2, 0) is 14.8 Å². The van der Waals surface area contributed by atoms with E-state index in [2.05, 4.69) is 15.3 Å². The van der Waals surface area contributed by atoms with E-state index in [4.69, 9.17) is 9.15 Å². The molecule has 0 aromatic carbocycles. The van der Waals surface area contributed by atoms with Crippen LogP contribution in [-0.4, -0.2) is 54.9 Å². The lowest BCUT2D eigenvalue weighted by molar-refractivity contribution is 0.0723. The van der Waals surface area contributed by atoms with Gasteiger partial charge in [-0.25, -0.2) is 18.4 Å². The van der Waals surface area contributed by atoms with E-state index >= 15 is 0 Å². The summed E-state index contributed by atoms with van der Waals surface area (Å²) in [6.07, 6.45) is 4.16. The standard InChI is InChI=1S/C13H14N4O5S/c18-13(16-10-7-14-9-15-8-10)11-1-2-12(22-11)23(19,20)17-3-5-21-6-4-17/h1-2,7-9H,3-6H2,(H,16,18). The van der Waals surface area contributed by atoms with Crippen molar-refractivity contribution in [1.29, 1.82) is 0 Å². The van der Waals surface area contributed by atoms with Crippen LogP contribution in [0.1, 0.15) is 10.6 Å². The Morgan fingerprint density at radius 3 is 2.57 bits per heavy atom. The highest BCUT2D eigenvalue weighted by Gasteiger charge is 2.30. The predicted octanol–water partition coefficient (Wildman–Crippen LogP) is 0.343. The molecule has 1 saturated heterocycles. The molecule has 3 heterocycles. The van der Waals surface area contributed by atoms with E-state index in [1.54, 1.807) is 0 Å². The van der Waals surface area contributed by atoms with Crippen LogP contribution >= 0.6 is 0 Å². The lowest BCUT2D eigenvalue weighted by atomic mass is 10.4. The quantitative estimate of drug-likeness (QED) is 0.855. The summed E-state index contributed by atoms with van der Waals surface area (Å²) < 4.78 is 36.4. The molecule has 0 bridgehead atoms. The molecule has 1 amide bonds. The molecule has 2 aromatic heterocycles. The van der Waals surface area contributed by atoms with E-state index in [0.717, 1.165) is 0 Å². The SMILES string of the molecule is O=C(Nc1cncnc1)c1ccc(S(=O)(=O)N2CCOCC2)o1. The maximum absolute atomic E-state index is 12.4. The Morgan fingerprint density at radius 2 is 1.87 bits per heavy atom. The van der Waals surface area contributed by atoms with Crippen molar-refractivity contribution >= 4 is 21.6 Å². The first kappa shape index (κ1) is 15.6. The van der Waals surface area contributed by atoms with Crippen LogP contribution in [0.15, 0.2) is 40.4 Å². The molecule has 9 nitrogen and oxygen atoms in total. The molecule has 23 heavy (non-hydrogen) atoms. The number of amides is 1. The molecule has 1 aliphatic heterocycles. The number of morpholine rings is 1. The lowest BCUT2D eigenvalue weighted by Crippen LogP contribution is -2.40. The summed E-state index contributed by atoms with van der Waals surface area (Å²) in [6.45, 7) is 1.18. The maximum Gasteiger partial charge on any atom is 0.291 e. The molecular formula is C13H14N4O5S. The van der Waals surface area contributed by atoms with Gasteiger partial charge in [-0.05, 0) is 12.1 Å². The molecule has 0 atom stereocenters. The van der Waals surface area contributed by atoms with Crippen molar-refractivity contribution in [3.8, 4) is 0 Å². The largest absolute Gasteiger partial charge is 0.438 e. The van der Waals surface area contributed by atoms with Crippen LogP contribution in [0.5, 0.6) is 0 Å². The average Bonchev–Trinajstić information content (AvgIpc) is 3.07. The summed E-state index contributed by atoms with van der Waals surface area (Å²) in [7, 11) is -3.77. The van der Waals surface area contributed by atoms with Gasteiger partial charge in [0.2, 0.25) is 5.09 Å². The van der Waals surface area contributed by atoms with Gasteiger partial charge in [0.25, 0.3) is 15.9 Å². The minimum absolute atomic E-state index is 0.110. The van der Waals surface area contributed by atoms with E-state index in [-0.39, 0.29) is 23.9 Å². The molecule has 122 valence electrons. The Morgan fingerprint density at radius 1 is 1.17 bits per heavy atom. The maximum atomic E-state index is 12.4. The summed E-state index contributed by atoms with van der Waals surface area (Å²) in [4.78, 5) is 19.6. The van der Waals surface area contributed by atoms with Crippen molar-refractivity contribution in [3.05, 3.63) is 36.6 Å². The van der Waals surface area contributed by atoms with Gasteiger partial charge in [-0.3, -0.25) is 4.79 Å². The lowest BCUT2D eigenvalue weighted by Gasteiger charge is -2.24. The second kappa shape index (κ2) is 6.44. The molecule has 1 N–H and O–H groups in total. The van der Waals surface area contributed by atoms with E-state index in [1.165, 1.54) is 35.2 Å². The number of rotatable bonds is 4. The highest BCUT2D eigenvalue weighted by Crippen LogP contribution is 2.20. The molecule has 3 rings (SSSR count). The Bertz CT molecular complexity index is 784. The Labute approximate surface area is 132 Å². The van der Waals surface area contributed by atoms with Gasteiger partial charge in [0, 0.05) is 13.1 Å². The molecule has 0 spiro atoms.